The summed E-state index contributed by atoms with van der Waals surface area (Å²) in [4.78, 5) is 0. The molecule has 0 rings (SSSR count). The van der Waals surface area contributed by atoms with E-state index < -0.39 is 0 Å². The number of rotatable bonds is 0. The third-order valence-corrected chi connectivity index (χ3v) is 0. The van der Waals surface area contributed by atoms with Crippen molar-refractivity contribution in [1.82, 2.24) is 0 Å². The van der Waals surface area contributed by atoms with E-state index in [1.807, 2.05) is 0 Å². The largest absolute Gasteiger partial charge is 2.00 e. The first-order chi connectivity index (χ1) is 2.00. The van der Waals surface area contributed by atoms with Crippen LogP contribution in [0.1, 0.15) is 0 Å². The molecule has 0 saturated heterocycles. The summed E-state index contributed by atoms with van der Waals surface area (Å²) < 4.78 is 16.1. The van der Waals surface area contributed by atoms with E-state index in [9.17, 15) is 0 Å². The van der Waals surface area contributed by atoms with E-state index in [2.05, 4.69) is 0 Å². The molecule has 28 valence electrons. The van der Waals surface area contributed by atoms with Gasteiger partial charge in [-0.1, -0.05) is 0 Å². The maximum absolute atomic E-state index is 8.06. The van der Waals surface area contributed by atoms with Crippen molar-refractivity contribution in [2.75, 3.05) is 0 Å². The van der Waals surface area contributed by atoms with Gasteiger partial charge in [0.1, 0.15) is 0 Å². The van der Waals surface area contributed by atoms with Gasteiger partial charge in [-0.05, 0) is 0 Å². The number of hydrogen-bond donors (Lipinski definition) is 0. The monoisotopic (exact) mass is 392 g/mol. The van der Waals surface area contributed by atoms with Crippen LogP contribution in [-0.2, 0) is 27.7 Å². The molecule has 5 heteroatoms. The van der Waals surface area contributed by atoms with Crippen molar-refractivity contribution < 1.29 is 36.1 Å². The fourth-order valence-electron chi connectivity index (χ4n) is 0. The van der Waals surface area contributed by atoms with E-state index >= 15 is 0 Å². The van der Waals surface area contributed by atoms with Gasteiger partial charge in [-0.3, -0.25) is 0 Å². The third-order valence-electron chi connectivity index (χ3n) is 0. The molecule has 5 heavy (non-hydrogen) atoms. The van der Waals surface area contributed by atoms with Crippen molar-refractivity contribution in [2.24, 2.45) is 0 Å². The molecule has 2 nitrogen and oxygen atoms in total. The van der Waals surface area contributed by atoms with Crippen LogP contribution in [0.15, 0.2) is 0 Å². The van der Waals surface area contributed by atoms with E-state index in [1.54, 1.807) is 32.5 Å². The van der Waals surface area contributed by atoms with E-state index in [-0.39, 0.29) is 27.7 Å². The summed E-state index contributed by atoms with van der Waals surface area (Å²) in [6.45, 7) is 0. The molecule has 0 aliphatic heterocycles. The summed E-state index contributed by atoms with van der Waals surface area (Å²) in [7, 11) is 0. The van der Waals surface area contributed by atoms with Crippen LogP contribution in [0.3, 0.4) is 0 Å². The molecule has 0 N–H and O–H groups in total. The van der Waals surface area contributed by atoms with Crippen molar-refractivity contribution >= 4 is 32.5 Å². The van der Waals surface area contributed by atoms with E-state index in [1.165, 1.54) is 0 Å². The van der Waals surface area contributed by atoms with Gasteiger partial charge in [-0.25, -0.2) is 32.5 Å². The van der Waals surface area contributed by atoms with Crippen LogP contribution < -0.4 is 8.40 Å². The predicted molar refractivity (Wildman–Crippen MR) is 17.9 cm³/mol. The first kappa shape index (κ1) is 15.8. The Morgan fingerprint density at radius 3 is 0.800 bits per heavy atom. The Kier molecular flexibility index (Phi) is 130. The van der Waals surface area contributed by atoms with Crippen LogP contribution in [0.25, 0.3) is 0 Å². The van der Waals surface area contributed by atoms with Gasteiger partial charge in [0, 0.05) is 0 Å². The molecule has 0 aromatic carbocycles. The minimum absolute atomic E-state index is 0. The fraction of sp³-hybridized carbons (Fsp3) is 0. The molecule has 0 bridgehead atoms. The van der Waals surface area contributed by atoms with E-state index in [0.29, 0.717) is 0 Å². The quantitative estimate of drug-likeness (QED) is 0.513. The Morgan fingerprint density at radius 2 is 0.800 bits per heavy atom. The molecule has 0 spiro atoms. The average molecular weight is 392 g/mol. The van der Waals surface area contributed by atoms with Crippen LogP contribution in [0.4, 0.5) is 0 Å². The van der Waals surface area contributed by atoms with Gasteiger partial charge in [0.15, 0.2) is 0 Å². The summed E-state index contributed by atoms with van der Waals surface area (Å²) in [5, 5.41) is 0. The van der Waals surface area contributed by atoms with Crippen LogP contribution in [0.2, 0.25) is 0 Å². The molecule has 0 aliphatic rings. The van der Waals surface area contributed by atoms with Gasteiger partial charge >= 0.3 is 27.7 Å². The standard InChI is InChI=1S/2BrO.Hg/c2*1-2;/q2*-1;+2. The Morgan fingerprint density at radius 1 is 0.800 bits per heavy atom. The summed E-state index contributed by atoms with van der Waals surface area (Å²) in [6, 6.07) is 0. The molecule has 0 unspecified atom stereocenters. The van der Waals surface area contributed by atoms with Crippen molar-refractivity contribution in [3.63, 3.8) is 0 Å². The normalized spacial score (nSPS) is 2.40. The van der Waals surface area contributed by atoms with Crippen LogP contribution in [0, 0.1) is 0 Å². The zero-order chi connectivity index (χ0) is 4.00. The number of halogens is 2. The van der Waals surface area contributed by atoms with E-state index in [0.717, 1.165) is 0 Å². The van der Waals surface area contributed by atoms with Gasteiger partial charge in [0.2, 0.25) is 0 Å². The first-order valence-electron chi connectivity index (χ1n) is 0.309. The molecule has 0 heterocycles. The molecule has 0 saturated carbocycles. The van der Waals surface area contributed by atoms with Crippen molar-refractivity contribution in [3.05, 3.63) is 0 Å². The molecular weight excluding hydrogens is 392 g/mol. The summed E-state index contributed by atoms with van der Waals surface area (Å²) in [5.74, 6) is 0. The van der Waals surface area contributed by atoms with Crippen LogP contribution >= 0.6 is 32.5 Å². The van der Waals surface area contributed by atoms with Gasteiger partial charge in [0.05, 0.1) is 0 Å². The Hall–Kier alpha value is 1.82. The van der Waals surface area contributed by atoms with E-state index in [4.69, 9.17) is 8.40 Å². The maximum Gasteiger partial charge on any atom is 2.00 e. The molecule has 0 aromatic heterocycles. The second-order valence-corrected chi connectivity index (χ2v) is 0. The van der Waals surface area contributed by atoms with Crippen molar-refractivity contribution in [1.29, 1.82) is 0 Å². The number of hydrogen-bond acceptors (Lipinski definition) is 2. The Labute approximate surface area is 68.0 Å². The summed E-state index contributed by atoms with van der Waals surface area (Å²) in [5.41, 5.74) is 0. The molecule has 0 radical (unpaired) electrons. The van der Waals surface area contributed by atoms with Gasteiger partial charge < -0.3 is 8.40 Å². The van der Waals surface area contributed by atoms with Crippen molar-refractivity contribution in [2.45, 2.75) is 0 Å². The first-order valence-corrected chi connectivity index (χ1v) is 1.60. The van der Waals surface area contributed by atoms with Crippen molar-refractivity contribution in [3.8, 4) is 0 Å². The minimum Gasteiger partial charge on any atom is -0.791 e. The van der Waals surface area contributed by atoms with Gasteiger partial charge in [-0.15, -0.1) is 0 Å². The zero-order valence-corrected chi connectivity index (χ0v) is 10.9. The van der Waals surface area contributed by atoms with Gasteiger partial charge in [-0.2, -0.15) is 0 Å². The zero-order valence-electron chi connectivity index (χ0n) is 2.28. The SMILES string of the molecule is [Hg+2].[O-]Br.[O-]Br. The average Bonchev–Trinajstić information content (AvgIpc) is 1.50. The fourth-order valence-corrected chi connectivity index (χ4v) is 0. The topological polar surface area (TPSA) is 46.1 Å². The second kappa shape index (κ2) is 40.9. The predicted octanol–water partition coefficient (Wildman–Crippen LogP) is -0.689. The minimum atomic E-state index is 0. The third kappa shape index (κ3) is 25.7. The molecule has 0 aromatic rings. The molecule has 0 atom stereocenters. The Bertz CT molecular complexity index is 7.61. The molecule has 0 amide bonds. The van der Waals surface area contributed by atoms with Gasteiger partial charge in [0.25, 0.3) is 0 Å². The maximum atomic E-state index is 8.06. The molecule has 0 fully saturated rings. The summed E-state index contributed by atoms with van der Waals surface area (Å²) in [6.07, 6.45) is 0. The smallest absolute Gasteiger partial charge is 0.791 e. The van der Waals surface area contributed by atoms with Crippen LogP contribution in [-0.4, -0.2) is 0 Å². The molecule has 0 aliphatic carbocycles. The Balaban J connectivity index is -0.0000000133. The van der Waals surface area contributed by atoms with Crippen LogP contribution in [0.5, 0.6) is 0 Å². The molecular formula is Br2HgO2. The summed E-state index contributed by atoms with van der Waals surface area (Å²) >= 11 is 3.38. The second-order valence-electron chi connectivity index (χ2n) is 0.